The first-order chi connectivity index (χ1) is 22.9. The molecule has 0 saturated carbocycles. The molecule has 0 radical (unpaired) electrons. The Balaban J connectivity index is 1.95. The van der Waals surface area contributed by atoms with Gasteiger partial charge in [0.1, 0.15) is 29.9 Å². The number of hydrogen-bond acceptors (Lipinski definition) is 6. The van der Waals surface area contributed by atoms with Gasteiger partial charge in [0, 0.05) is 23.8 Å². The number of methoxy groups -OCH3 is 1. The molecule has 15 heteroatoms. The van der Waals surface area contributed by atoms with Crippen LogP contribution in [-0.4, -0.2) is 55.2 Å². The van der Waals surface area contributed by atoms with E-state index in [1.54, 1.807) is 18.2 Å². The molecule has 0 spiro atoms. The van der Waals surface area contributed by atoms with Gasteiger partial charge in [-0.3, -0.25) is 19.2 Å². The van der Waals surface area contributed by atoms with Crippen LogP contribution in [0.4, 0.5) is 26.3 Å². The molecule has 8 nitrogen and oxygen atoms in total. The van der Waals surface area contributed by atoms with Gasteiger partial charge in [-0.1, -0.05) is 55.8 Å². The van der Waals surface area contributed by atoms with Crippen LogP contribution in [-0.2, 0) is 25.6 Å². The highest BCUT2D eigenvalue weighted by atomic mass is 35.5. The van der Waals surface area contributed by atoms with Crippen LogP contribution in [0.2, 0.25) is 5.02 Å². The SMILES string of the molecule is COc1ccc([C@H](NC(=O)[C@@H](Cc2cccc(F)c2)Oc2cccc(Cl)c2)C(=O)C[C@H](C(=O)C(F)(F)C(=O)NCC(F)(F)F)C(C)C)cc1. The minimum absolute atomic E-state index is 0.149. The molecule has 3 aromatic carbocycles. The molecular formula is C34H33ClF6N2O6. The number of ketones is 2. The molecular weight excluding hydrogens is 682 g/mol. The van der Waals surface area contributed by atoms with Crippen LogP contribution in [0.1, 0.15) is 37.4 Å². The molecule has 3 aromatic rings. The Morgan fingerprint density at radius 1 is 0.878 bits per heavy atom. The summed E-state index contributed by atoms with van der Waals surface area (Å²) >= 11 is 6.07. The molecule has 0 aliphatic rings. The lowest BCUT2D eigenvalue weighted by molar-refractivity contribution is -0.167. The summed E-state index contributed by atoms with van der Waals surface area (Å²) in [5.74, 6) is -14.2. The van der Waals surface area contributed by atoms with Gasteiger partial charge >= 0.3 is 12.1 Å². The van der Waals surface area contributed by atoms with E-state index in [0.717, 1.165) is 5.32 Å². The highest BCUT2D eigenvalue weighted by Crippen LogP contribution is 2.31. The number of carbonyl (C=O) groups excluding carboxylic acids is 4. The van der Waals surface area contributed by atoms with Crippen LogP contribution in [0.15, 0.2) is 72.8 Å². The van der Waals surface area contributed by atoms with Crippen LogP contribution >= 0.6 is 11.6 Å². The Bertz CT molecular complexity index is 1590. The molecule has 2 amide bonds. The maximum atomic E-state index is 14.9. The van der Waals surface area contributed by atoms with Crippen molar-refractivity contribution in [3.8, 4) is 11.5 Å². The van der Waals surface area contributed by atoms with Gasteiger partial charge in [-0.15, -0.1) is 0 Å². The Morgan fingerprint density at radius 3 is 2.10 bits per heavy atom. The number of benzene rings is 3. The number of hydrogen-bond donors (Lipinski definition) is 2. The smallest absolute Gasteiger partial charge is 0.405 e. The third-order valence-electron chi connectivity index (χ3n) is 7.34. The van der Waals surface area contributed by atoms with Crippen LogP contribution in [0.25, 0.3) is 0 Å². The van der Waals surface area contributed by atoms with Crippen molar-refractivity contribution in [3.63, 3.8) is 0 Å². The topological polar surface area (TPSA) is 111 Å². The number of amides is 2. The van der Waals surface area contributed by atoms with Crippen molar-refractivity contribution in [1.29, 1.82) is 0 Å². The summed E-state index contributed by atoms with van der Waals surface area (Å²) in [7, 11) is 1.38. The number of carbonyl (C=O) groups is 4. The fourth-order valence-corrected chi connectivity index (χ4v) is 4.93. The van der Waals surface area contributed by atoms with Crippen molar-refractivity contribution >= 4 is 35.0 Å². The molecule has 264 valence electrons. The molecule has 0 unspecified atom stereocenters. The van der Waals surface area contributed by atoms with Gasteiger partial charge in [0.2, 0.25) is 5.78 Å². The van der Waals surface area contributed by atoms with Gasteiger partial charge < -0.3 is 20.1 Å². The molecule has 0 aliphatic heterocycles. The van der Waals surface area contributed by atoms with Gasteiger partial charge in [-0.2, -0.15) is 22.0 Å². The lowest BCUT2D eigenvalue weighted by atomic mass is 9.82. The van der Waals surface area contributed by atoms with E-state index in [1.165, 1.54) is 75.6 Å². The van der Waals surface area contributed by atoms with Crippen LogP contribution in [0.5, 0.6) is 11.5 Å². The maximum Gasteiger partial charge on any atom is 0.405 e. The second-order valence-corrected chi connectivity index (χ2v) is 11.8. The minimum Gasteiger partial charge on any atom is -0.497 e. The van der Waals surface area contributed by atoms with Crippen LogP contribution < -0.4 is 20.1 Å². The summed E-state index contributed by atoms with van der Waals surface area (Å²) in [5.41, 5.74) is 0.502. The average molecular weight is 715 g/mol. The van der Waals surface area contributed by atoms with E-state index < -0.39 is 78.2 Å². The fraction of sp³-hybridized carbons (Fsp3) is 0.353. The van der Waals surface area contributed by atoms with E-state index in [-0.39, 0.29) is 22.8 Å². The molecule has 3 rings (SSSR count). The Kier molecular flexibility index (Phi) is 13.2. The maximum absolute atomic E-state index is 14.9. The molecule has 0 aliphatic carbocycles. The number of nitrogens with one attached hydrogen (secondary N) is 2. The first kappa shape index (κ1) is 38.9. The van der Waals surface area contributed by atoms with Gasteiger partial charge in [0.25, 0.3) is 11.8 Å². The molecule has 0 bridgehead atoms. The predicted octanol–water partition coefficient (Wildman–Crippen LogP) is 6.45. The Hall–Kier alpha value is -4.59. The summed E-state index contributed by atoms with van der Waals surface area (Å²) in [6, 6.07) is 15.5. The average Bonchev–Trinajstić information content (AvgIpc) is 3.03. The fourth-order valence-electron chi connectivity index (χ4n) is 4.75. The lowest BCUT2D eigenvalue weighted by Crippen LogP contribution is -2.51. The van der Waals surface area contributed by atoms with Gasteiger partial charge in [0.15, 0.2) is 11.9 Å². The van der Waals surface area contributed by atoms with E-state index in [4.69, 9.17) is 21.1 Å². The molecule has 0 aromatic heterocycles. The first-order valence-electron chi connectivity index (χ1n) is 14.8. The predicted molar refractivity (Wildman–Crippen MR) is 167 cm³/mol. The zero-order valence-electron chi connectivity index (χ0n) is 26.5. The highest BCUT2D eigenvalue weighted by Gasteiger charge is 2.52. The summed E-state index contributed by atoms with van der Waals surface area (Å²) in [4.78, 5) is 52.5. The van der Waals surface area contributed by atoms with Crippen molar-refractivity contribution in [1.82, 2.24) is 10.6 Å². The number of ether oxygens (including phenoxy) is 2. The highest BCUT2D eigenvalue weighted by molar-refractivity contribution is 6.30. The number of Topliss-reactive ketones (excluding diaryl/α,β-unsaturated/α-hetero) is 2. The van der Waals surface area contributed by atoms with E-state index >= 15 is 0 Å². The molecule has 2 N–H and O–H groups in total. The van der Waals surface area contributed by atoms with E-state index in [0.29, 0.717) is 11.3 Å². The molecule has 3 atom stereocenters. The Labute approximate surface area is 283 Å². The van der Waals surface area contributed by atoms with E-state index in [9.17, 15) is 45.5 Å². The summed E-state index contributed by atoms with van der Waals surface area (Å²) in [6.45, 7) is 0.530. The van der Waals surface area contributed by atoms with Crippen LogP contribution in [0, 0.1) is 17.7 Å². The zero-order chi connectivity index (χ0) is 36.5. The van der Waals surface area contributed by atoms with Crippen molar-refractivity contribution in [2.75, 3.05) is 13.7 Å². The van der Waals surface area contributed by atoms with Crippen molar-refractivity contribution < 1.29 is 55.0 Å². The minimum atomic E-state index is -5.02. The van der Waals surface area contributed by atoms with Gasteiger partial charge in [-0.05, 0) is 59.5 Å². The van der Waals surface area contributed by atoms with Crippen molar-refractivity contribution in [2.45, 2.75) is 50.9 Å². The number of halogens is 7. The second kappa shape index (κ2) is 16.7. The number of rotatable bonds is 16. The third-order valence-corrected chi connectivity index (χ3v) is 7.58. The number of alkyl halides is 5. The van der Waals surface area contributed by atoms with Crippen molar-refractivity contribution in [3.05, 3.63) is 94.8 Å². The van der Waals surface area contributed by atoms with E-state index in [1.807, 2.05) is 0 Å². The molecule has 49 heavy (non-hydrogen) atoms. The molecule has 0 fully saturated rings. The standard InChI is InChI=1S/C34H33ClF6N2O6/c1-19(2)26(30(45)34(40,41)32(47)42-18-33(37,38)39)17-27(44)29(21-10-12-24(48-3)13-11-21)43-31(46)28(15-20-6-4-8-23(36)14-20)49-25-9-5-7-22(35)16-25/h4-14,16,19,26,28-29H,15,17-18H2,1-3H3,(H,42,47)(H,43,46)/t26-,28+,29-/m0/s1. The van der Waals surface area contributed by atoms with Crippen molar-refractivity contribution in [2.24, 2.45) is 11.8 Å². The van der Waals surface area contributed by atoms with Gasteiger partial charge in [0.05, 0.1) is 7.11 Å². The summed E-state index contributed by atoms with van der Waals surface area (Å²) < 4.78 is 92.4. The van der Waals surface area contributed by atoms with Crippen LogP contribution in [0.3, 0.4) is 0 Å². The quantitative estimate of drug-likeness (QED) is 0.130. The van der Waals surface area contributed by atoms with Gasteiger partial charge in [-0.25, -0.2) is 4.39 Å². The second-order valence-electron chi connectivity index (χ2n) is 11.4. The molecule has 0 saturated heterocycles. The first-order valence-corrected chi connectivity index (χ1v) is 15.2. The largest absolute Gasteiger partial charge is 0.497 e. The van der Waals surface area contributed by atoms with E-state index in [2.05, 4.69) is 5.32 Å². The Morgan fingerprint density at radius 2 is 1.53 bits per heavy atom. The lowest BCUT2D eigenvalue weighted by Gasteiger charge is -2.27. The zero-order valence-corrected chi connectivity index (χ0v) is 27.2. The summed E-state index contributed by atoms with van der Waals surface area (Å²) in [6.07, 6.45) is -7.53. The third kappa shape index (κ3) is 11.2. The monoisotopic (exact) mass is 714 g/mol. The molecule has 0 heterocycles. The normalized spacial score (nSPS) is 13.6. The summed E-state index contributed by atoms with van der Waals surface area (Å²) in [5, 5.41) is 3.82.